The van der Waals surface area contributed by atoms with E-state index in [4.69, 9.17) is 9.47 Å². The number of hydrogen-bond donors (Lipinski definition) is 0. The second kappa shape index (κ2) is 5.99. The van der Waals surface area contributed by atoms with E-state index < -0.39 is 5.79 Å². The van der Waals surface area contributed by atoms with Gasteiger partial charge in [0.2, 0.25) is 5.78 Å². The number of aryl methyl sites for hydroxylation is 1. The molecule has 20 heavy (non-hydrogen) atoms. The van der Waals surface area contributed by atoms with Crippen molar-refractivity contribution in [3.05, 3.63) is 71.3 Å². The van der Waals surface area contributed by atoms with Crippen molar-refractivity contribution in [2.24, 2.45) is 0 Å². The fourth-order valence-corrected chi connectivity index (χ4v) is 2.30. The zero-order chi connectivity index (χ0) is 14.6. The largest absolute Gasteiger partial charge is 0.343 e. The summed E-state index contributed by atoms with van der Waals surface area (Å²) in [7, 11) is 2.96. The Hall–Kier alpha value is -1.97. The highest BCUT2D eigenvalue weighted by Crippen LogP contribution is 2.31. The van der Waals surface area contributed by atoms with E-state index in [-0.39, 0.29) is 5.78 Å². The molecule has 0 heterocycles. The van der Waals surface area contributed by atoms with Gasteiger partial charge in [-0.1, -0.05) is 54.6 Å². The molecule has 0 bridgehead atoms. The van der Waals surface area contributed by atoms with Gasteiger partial charge < -0.3 is 9.47 Å². The summed E-state index contributed by atoms with van der Waals surface area (Å²) < 4.78 is 10.9. The molecule has 0 atom stereocenters. The average molecular weight is 270 g/mol. The van der Waals surface area contributed by atoms with Crippen molar-refractivity contribution in [1.82, 2.24) is 0 Å². The van der Waals surface area contributed by atoms with Crippen molar-refractivity contribution in [2.45, 2.75) is 12.7 Å². The van der Waals surface area contributed by atoms with E-state index >= 15 is 0 Å². The van der Waals surface area contributed by atoms with Gasteiger partial charge in [-0.3, -0.25) is 4.79 Å². The molecule has 0 saturated carbocycles. The van der Waals surface area contributed by atoms with Gasteiger partial charge in [0.25, 0.3) is 5.79 Å². The maximum absolute atomic E-state index is 12.9. The Morgan fingerprint density at radius 3 is 2.00 bits per heavy atom. The second-order valence-corrected chi connectivity index (χ2v) is 4.53. The fourth-order valence-electron chi connectivity index (χ4n) is 2.30. The number of rotatable bonds is 5. The molecule has 0 amide bonds. The summed E-state index contributed by atoms with van der Waals surface area (Å²) >= 11 is 0. The van der Waals surface area contributed by atoms with Crippen LogP contribution in [-0.2, 0) is 15.3 Å². The topological polar surface area (TPSA) is 35.5 Å². The monoisotopic (exact) mass is 270 g/mol. The molecule has 0 unspecified atom stereocenters. The summed E-state index contributed by atoms with van der Waals surface area (Å²) in [5.41, 5.74) is 2.17. The minimum Gasteiger partial charge on any atom is -0.343 e. The number of ether oxygens (including phenoxy) is 2. The third-order valence-corrected chi connectivity index (χ3v) is 3.42. The summed E-state index contributed by atoms with van der Waals surface area (Å²) in [6.07, 6.45) is 0. The summed E-state index contributed by atoms with van der Waals surface area (Å²) in [5.74, 6) is -1.61. The summed E-state index contributed by atoms with van der Waals surface area (Å²) in [5, 5.41) is 0. The van der Waals surface area contributed by atoms with Crippen molar-refractivity contribution in [2.75, 3.05) is 14.2 Å². The molecule has 3 nitrogen and oxygen atoms in total. The highest BCUT2D eigenvalue weighted by atomic mass is 16.7. The van der Waals surface area contributed by atoms with Gasteiger partial charge in [-0.05, 0) is 12.5 Å². The van der Waals surface area contributed by atoms with Gasteiger partial charge in [-0.15, -0.1) is 0 Å². The van der Waals surface area contributed by atoms with Crippen molar-refractivity contribution in [1.29, 1.82) is 0 Å². The van der Waals surface area contributed by atoms with E-state index in [1.54, 1.807) is 6.07 Å². The molecule has 3 heteroatoms. The zero-order valence-corrected chi connectivity index (χ0v) is 11.9. The van der Waals surface area contributed by atoms with E-state index in [0.717, 1.165) is 5.56 Å². The van der Waals surface area contributed by atoms with E-state index in [1.165, 1.54) is 14.2 Å². The van der Waals surface area contributed by atoms with E-state index in [2.05, 4.69) is 0 Å². The zero-order valence-electron chi connectivity index (χ0n) is 11.9. The third-order valence-electron chi connectivity index (χ3n) is 3.42. The smallest absolute Gasteiger partial charge is 0.260 e. The Balaban J connectivity index is 2.54. The number of carbonyl (C=O) groups is 1. The van der Waals surface area contributed by atoms with Crippen LogP contribution in [0.5, 0.6) is 0 Å². The van der Waals surface area contributed by atoms with Crippen molar-refractivity contribution in [3.8, 4) is 0 Å². The summed E-state index contributed by atoms with van der Waals surface area (Å²) in [6, 6.07) is 16.7. The SMILES string of the molecule is COC(OC)(C(=O)c1ccccc1C)c1ccccc1. The molecule has 0 aliphatic rings. The first kappa shape index (κ1) is 14.4. The van der Waals surface area contributed by atoms with Crippen LogP contribution in [-0.4, -0.2) is 20.0 Å². The van der Waals surface area contributed by atoms with Crippen LogP contribution in [0.1, 0.15) is 21.5 Å². The molecule has 104 valence electrons. The molecule has 2 rings (SSSR count). The minimum absolute atomic E-state index is 0.202. The number of hydrogen-bond acceptors (Lipinski definition) is 3. The molecule has 0 spiro atoms. The van der Waals surface area contributed by atoms with Gasteiger partial charge in [0.15, 0.2) is 0 Å². The number of benzene rings is 2. The molecule has 0 aromatic heterocycles. The Kier molecular flexibility index (Phi) is 4.32. The summed E-state index contributed by atoms with van der Waals surface area (Å²) in [4.78, 5) is 12.9. The molecule has 0 fully saturated rings. The van der Waals surface area contributed by atoms with E-state index in [1.807, 2.05) is 55.5 Å². The van der Waals surface area contributed by atoms with Crippen LogP contribution in [0.15, 0.2) is 54.6 Å². The van der Waals surface area contributed by atoms with Crippen LogP contribution >= 0.6 is 0 Å². The normalized spacial score (nSPS) is 11.3. The average Bonchev–Trinajstić information content (AvgIpc) is 2.50. The Labute approximate surface area is 119 Å². The minimum atomic E-state index is -1.41. The maximum atomic E-state index is 12.9. The lowest BCUT2D eigenvalue weighted by atomic mass is 9.93. The van der Waals surface area contributed by atoms with Crippen LogP contribution < -0.4 is 0 Å². The predicted molar refractivity (Wildman–Crippen MR) is 77.6 cm³/mol. The Bertz CT molecular complexity index is 586. The van der Waals surface area contributed by atoms with Crippen LogP contribution in [0.2, 0.25) is 0 Å². The van der Waals surface area contributed by atoms with Crippen LogP contribution in [0, 0.1) is 6.92 Å². The number of methoxy groups -OCH3 is 2. The molecular weight excluding hydrogens is 252 g/mol. The summed E-state index contributed by atoms with van der Waals surface area (Å²) in [6.45, 7) is 1.90. The first-order valence-corrected chi connectivity index (χ1v) is 6.42. The van der Waals surface area contributed by atoms with Crippen molar-refractivity contribution in [3.63, 3.8) is 0 Å². The lowest BCUT2D eigenvalue weighted by Gasteiger charge is -2.30. The van der Waals surface area contributed by atoms with E-state index in [0.29, 0.717) is 11.1 Å². The quantitative estimate of drug-likeness (QED) is 0.617. The molecule has 0 N–H and O–H groups in total. The van der Waals surface area contributed by atoms with Gasteiger partial charge in [-0.25, -0.2) is 0 Å². The predicted octanol–water partition coefficient (Wildman–Crippen LogP) is 3.32. The van der Waals surface area contributed by atoms with Gasteiger partial charge in [0.05, 0.1) is 0 Å². The number of carbonyl (C=O) groups excluding carboxylic acids is 1. The molecule has 2 aromatic rings. The lowest BCUT2D eigenvalue weighted by molar-refractivity contribution is -0.176. The molecule has 0 aliphatic heterocycles. The second-order valence-electron chi connectivity index (χ2n) is 4.53. The van der Waals surface area contributed by atoms with Gasteiger partial charge >= 0.3 is 0 Å². The number of Topliss-reactive ketones (excluding diaryl/α,β-unsaturated/α-hetero) is 1. The first-order chi connectivity index (χ1) is 9.65. The standard InChI is InChI=1S/C17H18O3/c1-13-9-7-8-12-15(13)16(18)17(19-2,20-3)14-10-5-4-6-11-14/h4-12H,1-3H3. The van der Waals surface area contributed by atoms with E-state index in [9.17, 15) is 4.79 Å². The van der Waals surface area contributed by atoms with Crippen molar-refractivity contribution < 1.29 is 14.3 Å². The third kappa shape index (κ3) is 2.38. The molecule has 0 saturated heterocycles. The highest BCUT2D eigenvalue weighted by molar-refractivity contribution is 6.03. The highest BCUT2D eigenvalue weighted by Gasteiger charge is 2.41. The molecular formula is C17H18O3. The van der Waals surface area contributed by atoms with Crippen LogP contribution in [0.4, 0.5) is 0 Å². The molecule has 2 aromatic carbocycles. The van der Waals surface area contributed by atoms with Gasteiger partial charge in [-0.2, -0.15) is 0 Å². The van der Waals surface area contributed by atoms with Gasteiger partial charge in [0, 0.05) is 25.3 Å². The van der Waals surface area contributed by atoms with Crippen molar-refractivity contribution >= 4 is 5.78 Å². The van der Waals surface area contributed by atoms with Gasteiger partial charge in [0.1, 0.15) is 0 Å². The number of ketones is 1. The maximum Gasteiger partial charge on any atom is 0.260 e. The molecule has 0 radical (unpaired) electrons. The Morgan fingerprint density at radius 2 is 1.45 bits per heavy atom. The molecule has 0 aliphatic carbocycles. The Morgan fingerprint density at radius 1 is 0.900 bits per heavy atom. The van der Waals surface area contributed by atoms with Crippen LogP contribution in [0.3, 0.4) is 0 Å². The lowest BCUT2D eigenvalue weighted by Crippen LogP contribution is -2.40. The van der Waals surface area contributed by atoms with Crippen LogP contribution in [0.25, 0.3) is 0 Å². The first-order valence-electron chi connectivity index (χ1n) is 6.42. The fraction of sp³-hybridized carbons (Fsp3) is 0.235.